The molecule has 4 aliphatic carbocycles. The predicted molar refractivity (Wildman–Crippen MR) is 552 cm³/mol. The van der Waals surface area contributed by atoms with E-state index in [9.17, 15) is 4.39 Å². The summed E-state index contributed by atoms with van der Waals surface area (Å²) in [5, 5.41) is 5.83. The van der Waals surface area contributed by atoms with Gasteiger partial charge in [-0.05, 0) is 204 Å². The molecule has 26 rings (SSSR count). The largest absolute Gasteiger partial charge is 0.378 e. The van der Waals surface area contributed by atoms with Crippen LogP contribution in [0.15, 0.2) is 115 Å². The predicted octanol–water partition coefficient (Wildman–Crippen LogP) is 14.3. The molecule has 0 radical (unpaired) electrons. The number of hydrogen-bond acceptors (Lipinski definition) is 28. The first-order valence-electron chi connectivity index (χ1n) is 50.8. The highest BCUT2D eigenvalue weighted by atomic mass is 32.1. The van der Waals surface area contributed by atoms with Gasteiger partial charge in [-0.25, -0.2) is 54.2 Å². The summed E-state index contributed by atoms with van der Waals surface area (Å²) in [6.07, 6.45) is 27.5. The van der Waals surface area contributed by atoms with Gasteiger partial charge in [0.1, 0.15) is 27.2 Å². The highest BCUT2D eigenvalue weighted by Crippen LogP contribution is 2.44. The third-order valence-electron chi connectivity index (χ3n) is 30.7. The van der Waals surface area contributed by atoms with Crippen LogP contribution in [-0.4, -0.2) is 319 Å². The van der Waals surface area contributed by atoms with Crippen molar-refractivity contribution in [3.63, 3.8) is 0 Å². The Hall–Kier alpha value is -10.4. The van der Waals surface area contributed by atoms with Crippen molar-refractivity contribution in [2.45, 2.75) is 110 Å². The number of imidazole rings is 1. The highest BCUT2D eigenvalue weighted by Gasteiger charge is 2.38. The van der Waals surface area contributed by atoms with Crippen molar-refractivity contribution in [1.29, 1.82) is 0 Å². The molecular formula is C108H128FN23O4S2. The van der Waals surface area contributed by atoms with Gasteiger partial charge in [-0.3, -0.25) is 19.6 Å². The Morgan fingerprint density at radius 3 is 1.52 bits per heavy atom. The number of aryl methyl sites for hydroxylation is 1. The number of thiazole rings is 1. The van der Waals surface area contributed by atoms with Crippen LogP contribution >= 0.6 is 22.7 Å². The first-order chi connectivity index (χ1) is 67.9. The summed E-state index contributed by atoms with van der Waals surface area (Å²) in [6, 6.07) is 33.1. The first-order valence-corrected chi connectivity index (χ1v) is 52.4. The Balaban J connectivity index is 0.000000103. The number of nitrogens with zero attached hydrogens (tertiary/aromatic N) is 22. The van der Waals surface area contributed by atoms with Crippen molar-refractivity contribution in [2.24, 2.45) is 11.8 Å². The third-order valence-corrected chi connectivity index (χ3v) is 32.9. The lowest BCUT2D eigenvalue weighted by Gasteiger charge is -2.42. The molecular weight excluding hydrogens is 1770 g/mol. The summed E-state index contributed by atoms with van der Waals surface area (Å²) in [7, 11) is 6.59. The fourth-order valence-corrected chi connectivity index (χ4v) is 25.1. The van der Waals surface area contributed by atoms with Gasteiger partial charge in [0.15, 0.2) is 57.6 Å². The molecule has 1 N–H and O–H groups in total. The van der Waals surface area contributed by atoms with E-state index in [1.807, 2.05) is 11.3 Å². The number of thiophene rings is 1. The van der Waals surface area contributed by atoms with Gasteiger partial charge < -0.3 is 63.1 Å². The zero-order valence-corrected chi connectivity index (χ0v) is 82.0. The second-order valence-electron chi connectivity index (χ2n) is 39.8. The molecule has 10 aliphatic heterocycles. The number of piperidine rings is 2. The lowest BCUT2D eigenvalue weighted by atomic mass is 10.00. The molecule has 27 nitrogen and oxygen atoms in total. The van der Waals surface area contributed by atoms with Crippen LogP contribution in [0.1, 0.15) is 105 Å². The quantitative estimate of drug-likeness (QED) is 0.0795. The molecule has 2 atom stereocenters. The number of ether oxygens (including phenoxy) is 4. The summed E-state index contributed by atoms with van der Waals surface area (Å²) in [6.45, 7) is 35.5. The summed E-state index contributed by atoms with van der Waals surface area (Å²) >= 11 is 3.59. The number of hydrogen-bond donors (Lipinski definition) is 1. The van der Waals surface area contributed by atoms with Crippen LogP contribution < -0.4 is 24.9 Å². The van der Waals surface area contributed by atoms with E-state index >= 15 is 0 Å². The molecule has 2 unspecified atom stereocenters. The number of morpholine rings is 4. The molecule has 5 aromatic carbocycles. The van der Waals surface area contributed by atoms with Gasteiger partial charge in [-0.15, -0.1) is 22.7 Å². The number of anilines is 4. The Labute approximate surface area is 816 Å². The number of benzene rings is 5. The van der Waals surface area contributed by atoms with Gasteiger partial charge >= 0.3 is 0 Å². The number of allylic oxidation sites excluding steroid dienone is 4. The van der Waals surface area contributed by atoms with Crippen molar-refractivity contribution in [3.05, 3.63) is 187 Å². The van der Waals surface area contributed by atoms with Crippen molar-refractivity contribution < 1.29 is 23.3 Å². The number of piperazine rings is 1. The molecule has 138 heavy (non-hydrogen) atoms. The van der Waals surface area contributed by atoms with Gasteiger partial charge in [-0.2, -0.15) is 0 Å². The summed E-state index contributed by atoms with van der Waals surface area (Å²) in [4.78, 5) is 79.4. The lowest BCUT2D eigenvalue weighted by molar-refractivity contribution is 0.0615. The van der Waals surface area contributed by atoms with Crippen LogP contribution in [0.25, 0.3) is 112 Å². The summed E-state index contributed by atoms with van der Waals surface area (Å²) in [5.41, 5.74) is 20.0. The number of fused-ring (bicyclic) bond motifs is 9. The van der Waals surface area contributed by atoms with Crippen LogP contribution in [0.5, 0.6) is 0 Å². The third kappa shape index (κ3) is 19.5. The van der Waals surface area contributed by atoms with E-state index in [1.54, 1.807) is 23.5 Å². The Morgan fingerprint density at radius 2 is 0.942 bits per heavy atom. The minimum Gasteiger partial charge on any atom is -0.378 e. The van der Waals surface area contributed by atoms with E-state index in [-0.39, 0.29) is 5.82 Å². The van der Waals surface area contributed by atoms with Crippen molar-refractivity contribution in [1.82, 2.24) is 94.0 Å². The van der Waals surface area contributed by atoms with Gasteiger partial charge in [0.2, 0.25) is 0 Å². The van der Waals surface area contributed by atoms with Gasteiger partial charge in [0.05, 0.1) is 81.7 Å². The molecule has 10 fully saturated rings. The molecule has 12 aromatic rings. The zero-order chi connectivity index (χ0) is 92.7. The minimum atomic E-state index is -0.225. The standard InChI is InChI=1S/C28H32FN5OS.C28H37N7O.C27H31N5O.C25H28N6OS/c29-20-15-19-3-1-4-23(19)24(16-20)27-30-25-17-22(18-32-9-5-21(6-10-32)33-7-2-8-33)36-26(25)28(31-27)34-11-13-35-14-12-34;1-4-35-24(19-33-13-11-21(12-14-33)32(2)3)29-25-27(34-15-17-36-18-16-34)30-26(31-28(25)35)23-10-6-8-20-7-5-9-22(20)23;1-30-10-12-31(13-11-30)19-20-8-9-25-24(18-20)27(32-14-16-33-17-15-32)29-26(28-25)23-7-3-5-21-4-2-6-22(21)23;1-3-16-4-2-6-20(19(16)5-1)23-28-24-22(25(29-23)31-7-9-32-10-8-31)33-21(27-24)15-30-13-17-11-26-12-18(17)14-30/h1,4,15-17,21H,2-3,5-14,18H2;5-6,8-10,21H,4,7,11-19H2,1-3H3;2-3,5-9,18H,4,10-17,19H2,1H3;1-2,4-6,17-18,26H,3,7-15H2. The first kappa shape index (κ1) is 91.4. The topological polar surface area (TPSA) is 218 Å². The SMILES string of the molecule is C1=Cc2c(cccc2-c2nc(N3CCOCC3)c3sc(CN4CC5CNCC5C4)nc3n2)C1.CCn1c(CN2CCC(N(C)C)CC2)nc2c(N3CCOCC3)nc(-c3cccc4c3C=CC4)nc21.CN1CCN(Cc2ccc3nc(-c4cccc5c4C=CC5)nc(N4CCOCC4)c3c2)CC1.Fc1cc2c(c(-c3nc(N4CCOCC4)c4sc(CN5CCC(N6CCC6)CC5)cc4n3)c1)C=CC2. The molecule has 17 heterocycles. The van der Waals surface area contributed by atoms with E-state index in [0.29, 0.717) is 38.3 Å². The molecule has 7 aromatic heterocycles. The maximum atomic E-state index is 14.5. The lowest BCUT2D eigenvalue weighted by Crippen LogP contribution is -2.50. The number of nitrogens with one attached hydrogen (secondary N) is 1. The summed E-state index contributed by atoms with van der Waals surface area (Å²) < 4.78 is 41.6. The molecule has 0 saturated carbocycles. The normalized spacial score (nSPS) is 21.1. The van der Waals surface area contributed by atoms with Crippen LogP contribution in [0, 0.1) is 17.7 Å². The second-order valence-corrected chi connectivity index (χ2v) is 42.0. The van der Waals surface area contributed by atoms with Gasteiger partial charge in [0.25, 0.3) is 0 Å². The highest BCUT2D eigenvalue weighted by molar-refractivity contribution is 7.19. The number of aromatic nitrogens is 11. The van der Waals surface area contributed by atoms with Crippen molar-refractivity contribution >= 4 is 113 Å². The van der Waals surface area contributed by atoms with Crippen LogP contribution in [0.4, 0.5) is 27.7 Å². The number of halogens is 1. The molecule has 0 bridgehead atoms. The van der Waals surface area contributed by atoms with E-state index < -0.39 is 0 Å². The van der Waals surface area contributed by atoms with Gasteiger partial charge in [0, 0.05) is 182 Å². The molecule has 30 heteroatoms. The maximum absolute atomic E-state index is 14.5. The number of likely N-dealkylation sites (N-methyl/N-ethyl adjacent to an activating group) is 1. The van der Waals surface area contributed by atoms with E-state index in [1.165, 1.54) is 102 Å². The van der Waals surface area contributed by atoms with Crippen LogP contribution in [0.3, 0.4) is 0 Å². The smallest absolute Gasteiger partial charge is 0.176 e. The maximum Gasteiger partial charge on any atom is 0.176 e. The molecule has 10 saturated heterocycles. The minimum absolute atomic E-state index is 0.225. The average Bonchev–Trinajstić information content (AvgIpc) is 1.28. The zero-order valence-electron chi connectivity index (χ0n) is 80.4. The second kappa shape index (κ2) is 41.0. The van der Waals surface area contributed by atoms with Crippen LogP contribution in [-0.2, 0) is 77.4 Å². The van der Waals surface area contributed by atoms with Gasteiger partial charge in [-0.1, -0.05) is 109 Å². The molecule has 14 aliphatic rings. The fraction of sp³-hybridized carbons (Fsp3) is 0.481. The van der Waals surface area contributed by atoms with Crippen LogP contribution in [0.2, 0.25) is 0 Å². The molecule has 718 valence electrons. The Bertz CT molecular complexity index is 6550. The summed E-state index contributed by atoms with van der Waals surface area (Å²) in [5.74, 6) is 9.43. The van der Waals surface area contributed by atoms with Crippen molar-refractivity contribution in [3.8, 4) is 45.6 Å². The fourth-order valence-electron chi connectivity index (χ4n) is 22.9. The van der Waals surface area contributed by atoms with E-state index in [0.717, 1.165) is 348 Å². The number of likely N-dealkylation sites (tertiary alicyclic amines) is 4. The average molecular weight is 1900 g/mol. The Kier molecular flexibility index (Phi) is 27.2. The van der Waals surface area contributed by atoms with Crippen molar-refractivity contribution in [2.75, 3.05) is 238 Å². The monoisotopic (exact) mass is 1890 g/mol. The Morgan fingerprint density at radius 1 is 0.435 bits per heavy atom. The number of rotatable bonds is 19. The molecule has 0 amide bonds. The molecule has 0 spiro atoms. The van der Waals surface area contributed by atoms with E-state index in [2.05, 4.69) is 219 Å². The van der Waals surface area contributed by atoms with E-state index in [4.69, 9.17) is 68.8 Å².